The molecule has 0 heterocycles. The summed E-state index contributed by atoms with van der Waals surface area (Å²) in [5.74, 6) is -1.13. The maximum atomic E-state index is 11.8. The normalized spacial score (nSPS) is 12.7. The molecular weight excluding hydrogens is 356 g/mol. The topological polar surface area (TPSA) is 111 Å². The van der Waals surface area contributed by atoms with E-state index in [1.54, 1.807) is 13.8 Å². The Morgan fingerprint density at radius 1 is 0.792 bits per heavy atom. The van der Waals surface area contributed by atoms with Crippen molar-refractivity contribution < 1.29 is 28.7 Å². The number of hydrogen-bond acceptors (Lipinski definition) is 8. The van der Waals surface area contributed by atoms with Crippen molar-refractivity contribution in [2.45, 2.75) is 39.8 Å². The van der Waals surface area contributed by atoms with Crippen LogP contribution in [0, 0.1) is 0 Å². The smallest absolute Gasteiger partial charge is 0.329 e. The predicted octanol–water partition coefficient (Wildman–Crippen LogP) is 0.503. The largest absolute Gasteiger partial charge is 0.464 e. The average Bonchev–Trinajstić information content (AvgIpc) is 2.48. The zero-order chi connectivity index (χ0) is 18.5. The third-order valence-electron chi connectivity index (χ3n) is 2.45. The van der Waals surface area contributed by atoms with Crippen LogP contribution in [0.2, 0.25) is 0 Å². The zero-order valence-electron chi connectivity index (χ0n) is 14.2. The van der Waals surface area contributed by atoms with Crippen LogP contribution in [-0.4, -0.2) is 60.6 Å². The molecule has 0 aliphatic rings. The second-order valence-electron chi connectivity index (χ2n) is 4.58. The molecule has 2 N–H and O–H groups in total. The first-order valence-corrected chi connectivity index (χ1v) is 9.92. The van der Waals surface area contributed by atoms with Crippen molar-refractivity contribution in [1.29, 1.82) is 0 Å². The Morgan fingerprint density at radius 2 is 1.12 bits per heavy atom. The molecule has 0 saturated heterocycles. The Bertz CT molecular complexity index is 407. The maximum absolute atomic E-state index is 11.8. The molecule has 0 radical (unpaired) electrons. The summed E-state index contributed by atoms with van der Waals surface area (Å²) in [4.78, 5) is 45.8. The van der Waals surface area contributed by atoms with Gasteiger partial charge in [0.15, 0.2) is 0 Å². The second-order valence-corrected chi connectivity index (χ2v) is 7.13. The summed E-state index contributed by atoms with van der Waals surface area (Å²) in [6.07, 6.45) is 0. The fourth-order valence-electron chi connectivity index (χ4n) is 1.55. The van der Waals surface area contributed by atoms with Crippen LogP contribution in [0.5, 0.6) is 0 Å². The molecule has 1 unspecified atom stereocenters. The highest BCUT2D eigenvalue weighted by Crippen LogP contribution is 2.23. The Labute approximate surface area is 149 Å². The van der Waals surface area contributed by atoms with E-state index in [-0.39, 0.29) is 36.5 Å². The summed E-state index contributed by atoms with van der Waals surface area (Å²) >= 11 is 0. The Balaban J connectivity index is 4.44. The van der Waals surface area contributed by atoms with Crippen molar-refractivity contribution >= 4 is 45.3 Å². The fourth-order valence-corrected chi connectivity index (χ4v) is 3.84. The van der Waals surface area contributed by atoms with Gasteiger partial charge in [0, 0.05) is 25.4 Å². The minimum atomic E-state index is -0.762. The van der Waals surface area contributed by atoms with Gasteiger partial charge in [-0.2, -0.15) is 0 Å². The van der Waals surface area contributed by atoms with Gasteiger partial charge in [0.05, 0.1) is 13.2 Å². The van der Waals surface area contributed by atoms with E-state index in [2.05, 4.69) is 10.6 Å². The van der Waals surface area contributed by atoms with Crippen LogP contribution in [0.15, 0.2) is 0 Å². The average molecular weight is 380 g/mol. The first kappa shape index (κ1) is 22.6. The summed E-state index contributed by atoms with van der Waals surface area (Å²) in [7, 11) is 2.58. The van der Waals surface area contributed by atoms with Crippen LogP contribution in [0.4, 0.5) is 0 Å². The predicted molar refractivity (Wildman–Crippen MR) is 93.4 cm³/mol. The summed E-state index contributed by atoms with van der Waals surface area (Å²) in [6, 6.07) is -1.52. The van der Waals surface area contributed by atoms with Crippen molar-refractivity contribution in [3.8, 4) is 0 Å². The highest BCUT2D eigenvalue weighted by atomic mass is 33.1. The Kier molecular flexibility index (Phi) is 12.2. The van der Waals surface area contributed by atoms with Gasteiger partial charge < -0.3 is 20.1 Å². The Hall–Kier alpha value is -1.42. The van der Waals surface area contributed by atoms with Crippen molar-refractivity contribution in [2.24, 2.45) is 0 Å². The van der Waals surface area contributed by atoms with E-state index < -0.39 is 24.0 Å². The van der Waals surface area contributed by atoms with Gasteiger partial charge in [0.2, 0.25) is 11.8 Å². The summed E-state index contributed by atoms with van der Waals surface area (Å²) in [5, 5.41) is 5.04. The standard InChI is InChI=1S/C14H24N2O6S2/c1-5-21-13(19)11(15-9(3)17)7-23-24-8-12(16-10(4)18)14(20)22-6-2/h11-12H,5-8H2,1-4H3,(H,15,17)(H,16,18)/t11-,12?/m0/s1. The molecule has 0 fully saturated rings. The number of nitrogens with one attached hydrogen (secondary N) is 2. The second kappa shape index (κ2) is 12.9. The molecular formula is C14H24N2O6S2. The molecule has 2 amide bonds. The van der Waals surface area contributed by atoms with E-state index in [4.69, 9.17) is 9.47 Å². The molecule has 0 aromatic heterocycles. The first-order chi connectivity index (χ1) is 11.3. The molecule has 0 aromatic rings. The molecule has 0 spiro atoms. The molecule has 0 aliphatic carbocycles. The molecule has 138 valence electrons. The van der Waals surface area contributed by atoms with Crippen LogP contribution in [0.1, 0.15) is 27.7 Å². The lowest BCUT2D eigenvalue weighted by Gasteiger charge is -2.17. The van der Waals surface area contributed by atoms with Crippen molar-refractivity contribution in [1.82, 2.24) is 10.6 Å². The monoisotopic (exact) mass is 380 g/mol. The van der Waals surface area contributed by atoms with E-state index in [1.165, 1.54) is 35.4 Å². The van der Waals surface area contributed by atoms with Crippen LogP contribution < -0.4 is 10.6 Å². The van der Waals surface area contributed by atoms with Gasteiger partial charge >= 0.3 is 11.9 Å². The van der Waals surface area contributed by atoms with Gasteiger partial charge in [-0.15, -0.1) is 0 Å². The molecule has 0 bridgehead atoms. The molecule has 0 saturated carbocycles. The van der Waals surface area contributed by atoms with E-state index >= 15 is 0 Å². The minimum absolute atomic E-state index is 0.222. The zero-order valence-corrected chi connectivity index (χ0v) is 15.9. The lowest BCUT2D eigenvalue weighted by Crippen LogP contribution is -2.43. The lowest BCUT2D eigenvalue weighted by atomic mass is 10.3. The summed E-state index contributed by atoms with van der Waals surface area (Å²) in [5.41, 5.74) is 0. The number of amides is 2. The van der Waals surface area contributed by atoms with Crippen LogP contribution in [-0.2, 0) is 28.7 Å². The minimum Gasteiger partial charge on any atom is -0.464 e. The van der Waals surface area contributed by atoms with Crippen molar-refractivity contribution in [2.75, 3.05) is 24.7 Å². The van der Waals surface area contributed by atoms with Crippen LogP contribution in [0.25, 0.3) is 0 Å². The maximum Gasteiger partial charge on any atom is 0.329 e. The number of esters is 2. The van der Waals surface area contributed by atoms with Crippen LogP contribution >= 0.6 is 21.6 Å². The van der Waals surface area contributed by atoms with Gasteiger partial charge in [-0.1, -0.05) is 21.6 Å². The van der Waals surface area contributed by atoms with Gasteiger partial charge in [-0.3, -0.25) is 9.59 Å². The van der Waals surface area contributed by atoms with Gasteiger partial charge in [-0.25, -0.2) is 9.59 Å². The number of ether oxygens (including phenoxy) is 2. The molecule has 24 heavy (non-hydrogen) atoms. The molecule has 10 heteroatoms. The quantitative estimate of drug-likeness (QED) is 0.303. The lowest BCUT2D eigenvalue weighted by molar-refractivity contribution is -0.147. The van der Waals surface area contributed by atoms with Gasteiger partial charge in [0.25, 0.3) is 0 Å². The van der Waals surface area contributed by atoms with Crippen LogP contribution in [0.3, 0.4) is 0 Å². The van der Waals surface area contributed by atoms with Crippen molar-refractivity contribution in [3.63, 3.8) is 0 Å². The van der Waals surface area contributed by atoms with E-state index in [0.29, 0.717) is 0 Å². The SMILES string of the molecule is CCOC(=O)C(CSSC[C@H](NC(C)=O)C(=O)OCC)NC(C)=O. The first-order valence-electron chi connectivity index (χ1n) is 7.43. The molecule has 0 aliphatic heterocycles. The molecule has 0 aromatic carbocycles. The number of carbonyl (C=O) groups excluding carboxylic acids is 4. The van der Waals surface area contributed by atoms with Gasteiger partial charge in [-0.05, 0) is 13.8 Å². The van der Waals surface area contributed by atoms with E-state index in [1.807, 2.05) is 0 Å². The summed E-state index contributed by atoms with van der Waals surface area (Å²) in [6.45, 7) is 6.44. The number of rotatable bonds is 11. The highest BCUT2D eigenvalue weighted by Gasteiger charge is 2.23. The van der Waals surface area contributed by atoms with E-state index in [0.717, 1.165) is 0 Å². The fraction of sp³-hybridized carbons (Fsp3) is 0.714. The third kappa shape index (κ3) is 10.4. The third-order valence-corrected chi connectivity index (χ3v) is 4.87. The molecule has 0 rings (SSSR count). The number of hydrogen-bond donors (Lipinski definition) is 2. The number of carbonyl (C=O) groups is 4. The van der Waals surface area contributed by atoms with E-state index in [9.17, 15) is 19.2 Å². The molecule has 8 nitrogen and oxygen atoms in total. The molecule has 2 atom stereocenters. The Morgan fingerprint density at radius 3 is 1.38 bits per heavy atom. The van der Waals surface area contributed by atoms with Gasteiger partial charge in [0.1, 0.15) is 12.1 Å². The van der Waals surface area contributed by atoms with Crippen molar-refractivity contribution in [3.05, 3.63) is 0 Å². The summed E-state index contributed by atoms with van der Waals surface area (Å²) < 4.78 is 9.80. The highest BCUT2D eigenvalue weighted by molar-refractivity contribution is 8.76.